The highest BCUT2D eigenvalue weighted by molar-refractivity contribution is 7.98. The van der Waals surface area contributed by atoms with Crippen LogP contribution in [0.15, 0.2) is 59.6 Å². The molecule has 0 spiro atoms. The highest BCUT2D eigenvalue weighted by atomic mass is 35.5. The lowest BCUT2D eigenvalue weighted by Gasteiger charge is -2.02. The zero-order valence-corrected chi connectivity index (χ0v) is 13.6. The van der Waals surface area contributed by atoms with Gasteiger partial charge >= 0.3 is 0 Å². The third-order valence-electron chi connectivity index (χ3n) is 3.41. The summed E-state index contributed by atoms with van der Waals surface area (Å²) in [7, 11) is 0. The standard InChI is InChI=1S/C17H15ClN2OS/c1-22-16-8-2-12(3-9-16)17-13(11-21)10-20(19-17)15-6-4-14(18)5-7-15/h2-10,21H,11H2,1H3. The number of aromatic nitrogens is 2. The molecule has 0 unspecified atom stereocenters. The molecule has 2 aromatic carbocycles. The van der Waals surface area contributed by atoms with Gasteiger partial charge in [0.2, 0.25) is 0 Å². The first-order valence-electron chi connectivity index (χ1n) is 6.81. The molecule has 3 rings (SSSR count). The second-order valence-electron chi connectivity index (χ2n) is 4.81. The Morgan fingerprint density at radius 2 is 1.77 bits per heavy atom. The number of benzene rings is 2. The van der Waals surface area contributed by atoms with E-state index in [1.807, 2.05) is 48.9 Å². The zero-order chi connectivity index (χ0) is 15.5. The highest BCUT2D eigenvalue weighted by Crippen LogP contribution is 2.26. The Kier molecular flexibility index (Phi) is 4.52. The summed E-state index contributed by atoms with van der Waals surface area (Å²) in [5, 5.41) is 14.9. The van der Waals surface area contributed by atoms with Crippen molar-refractivity contribution in [2.75, 3.05) is 6.26 Å². The average Bonchev–Trinajstić information content (AvgIpc) is 3.00. The third-order valence-corrected chi connectivity index (χ3v) is 4.41. The van der Waals surface area contributed by atoms with E-state index in [-0.39, 0.29) is 6.61 Å². The van der Waals surface area contributed by atoms with Gasteiger partial charge in [-0.05, 0) is 42.7 Å². The van der Waals surface area contributed by atoms with E-state index in [2.05, 4.69) is 17.2 Å². The van der Waals surface area contributed by atoms with Crippen LogP contribution in [0.3, 0.4) is 0 Å². The summed E-state index contributed by atoms with van der Waals surface area (Å²) < 4.78 is 1.76. The highest BCUT2D eigenvalue weighted by Gasteiger charge is 2.11. The van der Waals surface area contributed by atoms with Crippen LogP contribution in [0.5, 0.6) is 0 Å². The maximum absolute atomic E-state index is 9.61. The molecule has 0 bridgehead atoms. The molecule has 5 heteroatoms. The molecule has 1 aromatic heterocycles. The average molecular weight is 331 g/mol. The number of halogens is 1. The zero-order valence-electron chi connectivity index (χ0n) is 12.0. The van der Waals surface area contributed by atoms with Gasteiger partial charge in [0.15, 0.2) is 0 Å². The van der Waals surface area contributed by atoms with E-state index in [9.17, 15) is 5.11 Å². The van der Waals surface area contributed by atoms with Crippen LogP contribution >= 0.6 is 23.4 Å². The molecule has 0 aliphatic rings. The molecule has 22 heavy (non-hydrogen) atoms. The van der Waals surface area contributed by atoms with Gasteiger partial charge in [0.25, 0.3) is 0 Å². The Balaban J connectivity index is 2.02. The molecule has 0 saturated heterocycles. The van der Waals surface area contributed by atoms with Gasteiger partial charge in [0, 0.05) is 27.2 Å². The van der Waals surface area contributed by atoms with Crippen molar-refractivity contribution < 1.29 is 5.11 Å². The largest absolute Gasteiger partial charge is 0.392 e. The number of aliphatic hydroxyl groups is 1. The summed E-state index contributed by atoms with van der Waals surface area (Å²) in [6.07, 6.45) is 3.89. The van der Waals surface area contributed by atoms with Crippen molar-refractivity contribution in [2.24, 2.45) is 0 Å². The second-order valence-corrected chi connectivity index (χ2v) is 6.13. The molecule has 0 fully saturated rings. The number of hydrogen-bond donors (Lipinski definition) is 1. The molecule has 0 aliphatic carbocycles. The van der Waals surface area contributed by atoms with E-state index < -0.39 is 0 Å². The molecule has 112 valence electrons. The van der Waals surface area contributed by atoms with Gasteiger partial charge in [-0.3, -0.25) is 0 Å². The van der Waals surface area contributed by atoms with Crippen molar-refractivity contribution in [1.29, 1.82) is 0 Å². The van der Waals surface area contributed by atoms with Crippen LogP contribution in [0.4, 0.5) is 0 Å². The topological polar surface area (TPSA) is 38.0 Å². The number of hydrogen-bond acceptors (Lipinski definition) is 3. The summed E-state index contributed by atoms with van der Waals surface area (Å²) >= 11 is 7.61. The number of nitrogens with zero attached hydrogens (tertiary/aromatic N) is 2. The van der Waals surface area contributed by atoms with E-state index in [0.29, 0.717) is 5.02 Å². The number of aliphatic hydroxyl groups excluding tert-OH is 1. The minimum atomic E-state index is -0.0484. The Morgan fingerprint density at radius 3 is 2.36 bits per heavy atom. The summed E-state index contributed by atoms with van der Waals surface area (Å²) in [6, 6.07) is 15.6. The van der Waals surface area contributed by atoms with Crippen LogP contribution in [-0.4, -0.2) is 21.1 Å². The van der Waals surface area contributed by atoms with Crippen LogP contribution in [0, 0.1) is 0 Å². The maximum atomic E-state index is 9.61. The molecule has 0 amide bonds. The van der Waals surface area contributed by atoms with E-state index in [1.165, 1.54) is 4.90 Å². The molecule has 0 atom stereocenters. The SMILES string of the molecule is CSc1ccc(-c2nn(-c3ccc(Cl)cc3)cc2CO)cc1. The van der Waals surface area contributed by atoms with Crippen LogP contribution in [0.2, 0.25) is 5.02 Å². The van der Waals surface area contributed by atoms with Gasteiger partial charge in [0.05, 0.1) is 18.0 Å². The summed E-state index contributed by atoms with van der Waals surface area (Å²) in [4.78, 5) is 1.20. The normalized spacial score (nSPS) is 10.9. The minimum Gasteiger partial charge on any atom is -0.392 e. The monoisotopic (exact) mass is 330 g/mol. The fraction of sp³-hybridized carbons (Fsp3) is 0.118. The first-order chi connectivity index (χ1) is 10.7. The Labute approximate surface area is 138 Å². The molecule has 0 radical (unpaired) electrons. The fourth-order valence-electron chi connectivity index (χ4n) is 2.24. The van der Waals surface area contributed by atoms with Crippen LogP contribution < -0.4 is 0 Å². The van der Waals surface area contributed by atoms with E-state index in [0.717, 1.165) is 22.5 Å². The van der Waals surface area contributed by atoms with E-state index in [1.54, 1.807) is 16.4 Å². The van der Waals surface area contributed by atoms with Gasteiger partial charge in [0.1, 0.15) is 0 Å². The number of thioether (sulfide) groups is 1. The third kappa shape index (κ3) is 3.04. The van der Waals surface area contributed by atoms with Crippen LogP contribution in [0.1, 0.15) is 5.56 Å². The number of rotatable bonds is 4. The first kappa shape index (κ1) is 15.2. The Morgan fingerprint density at radius 1 is 1.09 bits per heavy atom. The predicted octanol–water partition coefficient (Wildman–Crippen LogP) is 4.41. The maximum Gasteiger partial charge on any atom is 0.0982 e. The lowest BCUT2D eigenvalue weighted by atomic mass is 10.1. The van der Waals surface area contributed by atoms with E-state index >= 15 is 0 Å². The van der Waals surface area contributed by atoms with Crippen molar-refractivity contribution in [3.63, 3.8) is 0 Å². The second kappa shape index (κ2) is 6.57. The van der Waals surface area contributed by atoms with Crippen LogP contribution in [-0.2, 0) is 6.61 Å². The molecular weight excluding hydrogens is 316 g/mol. The van der Waals surface area contributed by atoms with Crippen molar-refractivity contribution >= 4 is 23.4 Å². The predicted molar refractivity (Wildman–Crippen MR) is 91.7 cm³/mol. The van der Waals surface area contributed by atoms with E-state index in [4.69, 9.17) is 11.6 Å². The van der Waals surface area contributed by atoms with Crippen LogP contribution in [0.25, 0.3) is 16.9 Å². The summed E-state index contributed by atoms with van der Waals surface area (Å²) in [5.41, 5.74) is 3.50. The van der Waals surface area contributed by atoms with Gasteiger partial charge in [-0.25, -0.2) is 4.68 Å². The van der Waals surface area contributed by atoms with Crippen molar-refractivity contribution in [2.45, 2.75) is 11.5 Å². The lowest BCUT2D eigenvalue weighted by Crippen LogP contribution is -1.94. The minimum absolute atomic E-state index is 0.0484. The fourth-order valence-corrected chi connectivity index (χ4v) is 2.78. The Hall–Kier alpha value is -1.75. The molecule has 3 aromatic rings. The smallest absolute Gasteiger partial charge is 0.0982 e. The summed E-state index contributed by atoms with van der Waals surface area (Å²) in [5.74, 6) is 0. The van der Waals surface area contributed by atoms with Crippen molar-refractivity contribution in [3.8, 4) is 16.9 Å². The lowest BCUT2D eigenvalue weighted by molar-refractivity contribution is 0.282. The van der Waals surface area contributed by atoms with Gasteiger partial charge in [-0.15, -0.1) is 11.8 Å². The van der Waals surface area contributed by atoms with Gasteiger partial charge in [-0.2, -0.15) is 5.10 Å². The first-order valence-corrected chi connectivity index (χ1v) is 8.41. The van der Waals surface area contributed by atoms with Crippen molar-refractivity contribution in [3.05, 3.63) is 65.3 Å². The van der Waals surface area contributed by atoms with Crippen molar-refractivity contribution in [1.82, 2.24) is 9.78 Å². The molecule has 1 N–H and O–H groups in total. The van der Waals surface area contributed by atoms with Gasteiger partial charge < -0.3 is 5.11 Å². The summed E-state index contributed by atoms with van der Waals surface area (Å²) in [6.45, 7) is -0.0484. The molecule has 1 heterocycles. The molecule has 3 nitrogen and oxygen atoms in total. The van der Waals surface area contributed by atoms with Gasteiger partial charge in [-0.1, -0.05) is 23.7 Å². The Bertz CT molecular complexity index is 766. The molecular formula is C17H15ClN2OS. The quantitative estimate of drug-likeness (QED) is 0.720. The molecule has 0 aliphatic heterocycles. The molecule has 0 saturated carbocycles.